The van der Waals surface area contributed by atoms with E-state index in [1.807, 2.05) is 13.1 Å². The summed E-state index contributed by atoms with van der Waals surface area (Å²) in [4.78, 5) is 2.10. The Morgan fingerprint density at radius 1 is 1.28 bits per heavy atom. The molecule has 98 valence electrons. The van der Waals surface area contributed by atoms with Gasteiger partial charge in [-0.05, 0) is 24.2 Å². The Labute approximate surface area is 103 Å². The molecule has 2 nitrogen and oxygen atoms in total. The molecule has 0 bridgehead atoms. The predicted molar refractivity (Wildman–Crippen MR) is 60.3 cm³/mol. The van der Waals surface area contributed by atoms with Gasteiger partial charge in [0.15, 0.2) is 0 Å². The van der Waals surface area contributed by atoms with Crippen molar-refractivity contribution in [3.63, 3.8) is 0 Å². The largest absolute Gasteiger partial charge is 0.416 e. The number of benzene rings is 1. The standard InChI is InChI=1S/C13H14F3NO/c1-17-5-9-8-3-2-4-11(13(14,15)16)10(8)7-18-12(9)6-17/h2-4,9,12H,5-7H2,1H3. The van der Waals surface area contributed by atoms with E-state index in [0.29, 0.717) is 5.56 Å². The maximum absolute atomic E-state index is 12.9. The van der Waals surface area contributed by atoms with Crippen LogP contribution in [0.2, 0.25) is 0 Å². The van der Waals surface area contributed by atoms with Crippen molar-refractivity contribution in [2.45, 2.75) is 24.8 Å². The molecule has 2 atom stereocenters. The fraction of sp³-hybridized carbons (Fsp3) is 0.538. The fourth-order valence-corrected chi connectivity index (χ4v) is 3.00. The van der Waals surface area contributed by atoms with Crippen LogP contribution in [0, 0.1) is 0 Å². The second kappa shape index (κ2) is 3.96. The van der Waals surface area contributed by atoms with Gasteiger partial charge in [-0.15, -0.1) is 0 Å². The van der Waals surface area contributed by atoms with Gasteiger partial charge in [-0.2, -0.15) is 13.2 Å². The molecule has 0 amide bonds. The smallest absolute Gasteiger partial charge is 0.371 e. The lowest BCUT2D eigenvalue weighted by molar-refractivity contribution is -0.139. The summed E-state index contributed by atoms with van der Waals surface area (Å²) in [6, 6.07) is 4.45. The van der Waals surface area contributed by atoms with Crippen molar-refractivity contribution >= 4 is 0 Å². The lowest BCUT2D eigenvalue weighted by Crippen LogP contribution is -2.28. The third-order valence-corrected chi connectivity index (χ3v) is 3.81. The van der Waals surface area contributed by atoms with Gasteiger partial charge < -0.3 is 9.64 Å². The van der Waals surface area contributed by atoms with Crippen molar-refractivity contribution < 1.29 is 17.9 Å². The maximum atomic E-state index is 12.9. The van der Waals surface area contributed by atoms with Crippen LogP contribution in [0.25, 0.3) is 0 Å². The Hall–Kier alpha value is -1.07. The number of hydrogen-bond acceptors (Lipinski definition) is 2. The minimum absolute atomic E-state index is 0.0333. The quantitative estimate of drug-likeness (QED) is 0.708. The van der Waals surface area contributed by atoms with E-state index < -0.39 is 11.7 Å². The van der Waals surface area contributed by atoms with Crippen LogP contribution >= 0.6 is 0 Å². The van der Waals surface area contributed by atoms with Crippen molar-refractivity contribution in [3.8, 4) is 0 Å². The summed E-state index contributed by atoms with van der Waals surface area (Å²) in [7, 11) is 1.97. The van der Waals surface area contributed by atoms with Crippen LogP contribution in [0.5, 0.6) is 0 Å². The van der Waals surface area contributed by atoms with Crippen molar-refractivity contribution in [1.82, 2.24) is 4.90 Å². The number of nitrogens with zero attached hydrogens (tertiary/aromatic N) is 1. The van der Waals surface area contributed by atoms with Crippen LogP contribution in [0.15, 0.2) is 18.2 Å². The number of ether oxygens (including phenoxy) is 1. The molecule has 18 heavy (non-hydrogen) atoms. The molecular formula is C13H14F3NO. The van der Waals surface area contributed by atoms with Gasteiger partial charge >= 0.3 is 6.18 Å². The molecule has 0 spiro atoms. The Kier molecular flexibility index (Phi) is 2.64. The molecular weight excluding hydrogens is 243 g/mol. The highest BCUT2D eigenvalue weighted by Gasteiger charge is 2.41. The minimum Gasteiger partial charge on any atom is -0.371 e. The highest BCUT2D eigenvalue weighted by Crippen LogP contribution is 2.41. The Morgan fingerprint density at radius 2 is 2.06 bits per heavy atom. The van der Waals surface area contributed by atoms with Crippen LogP contribution in [-0.4, -0.2) is 31.1 Å². The van der Waals surface area contributed by atoms with Crippen molar-refractivity contribution in [2.24, 2.45) is 0 Å². The number of likely N-dealkylation sites (N-methyl/N-ethyl adjacent to an activating group) is 1. The van der Waals surface area contributed by atoms with E-state index in [1.165, 1.54) is 6.07 Å². The molecule has 1 saturated heterocycles. The Morgan fingerprint density at radius 3 is 2.78 bits per heavy atom. The summed E-state index contributed by atoms with van der Waals surface area (Å²) in [5.74, 6) is 0.0704. The molecule has 1 fully saturated rings. The van der Waals surface area contributed by atoms with Crippen molar-refractivity contribution in [1.29, 1.82) is 0 Å². The van der Waals surface area contributed by atoms with Gasteiger partial charge in [0.1, 0.15) is 0 Å². The van der Waals surface area contributed by atoms with E-state index >= 15 is 0 Å². The van der Waals surface area contributed by atoms with Gasteiger partial charge in [-0.3, -0.25) is 0 Å². The number of likely N-dealkylation sites (tertiary alicyclic amines) is 1. The minimum atomic E-state index is -4.30. The highest BCUT2D eigenvalue weighted by molar-refractivity contribution is 5.41. The molecule has 2 aliphatic rings. The molecule has 5 heteroatoms. The van der Waals surface area contributed by atoms with E-state index in [9.17, 15) is 13.2 Å². The summed E-state index contributed by atoms with van der Waals surface area (Å²) in [6.07, 6.45) is -4.27. The van der Waals surface area contributed by atoms with E-state index in [2.05, 4.69) is 4.90 Å². The predicted octanol–water partition coefficient (Wildman–Crippen LogP) is 2.63. The van der Waals surface area contributed by atoms with Gasteiger partial charge in [-0.1, -0.05) is 12.1 Å². The number of halogens is 3. The third kappa shape index (κ3) is 1.82. The van der Waals surface area contributed by atoms with Gasteiger partial charge in [0.2, 0.25) is 0 Å². The number of rotatable bonds is 0. The highest BCUT2D eigenvalue weighted by atomic mass is 19.4. The summed E-state index contributed by atoms with van der Waals surface area (Å²) < 4.78 is 44.4. The molecule has 2 unspecified atom stereocenters. The summed E-state index contributed by atoms with van der Waals surface area (Å²) in [5.41, 5.74) is 0.583. The molecule has 1 aromatic rings. The molecule has 3 rings (SSSR count). The molecule has 0 aromatic heterocycles. The number of alkyl halides is 3. The Bertz CT molecular complexity index is 472. The van der Waals surface area contributed by atoms with E-state index in [1.54, 1.807) is 0 Å². The second-order valence-electron chi connectivity index (χ2n) is 5.05. The SMILES string of the molecule is CN1CC2OCc3c(cccc3C(F)(F)F)C2C1. The first-order valence-corrected chi connectivity index (χ1v) is 5.96. The topological polar surface area (TPSA) is 12.5 Å². The molecule has 2 heterocycles. The van der Waals surface area contributed by atoms with Crippen LogP contribution in [-0.2, 0) is 17.5 Å². The van der Waals surface area contributed by atoms with Crippen LogP contribution in [0.3, 0.4) is 0 Å². The maximum Gasteiger partial charge on any atom is 0.416 e. The molecule has 2 aliphatic heterocycles. The molecule has 0 saturated carbocycles. The average Bonchev–Trinajstić information content (AvgIpc) is 2.67. The second-order valence-corrected chi connectivity index (χ2v) is 5.05. The van der Waals surface area contributed by atoms with Gasteiger partial charge in [0.05, 0.1) is 18.3 Å². The lowest BCUT2D eigenvalue weighted by atomic mass is 9.87. The van der Waals surface area contributed by atoms with E-state index in [4.69, 9.17) is 4.74 Å². The van der Waals surface area contributed by atoms with Crippen LogP contribution in [0.1, 0.15) is 22.6 Å². The molecule has 0 N–H and O–H groups in total. The Balaban J connectivity index is 2.06. The monoisotopic (exact) mass is 257 g/mol. The third-order valence-electron chi connectivity index (χ3n) is 3.81. The van der Waals surface area contributed by atoms with Gasteiger partial charge in [0, 0.05) is 19.0 Å². The zero-order valence-electron chi connectivity index (χ0n) is 10.00. The van der Waals surface area contributed by atoms with E-state index in [0.717, 1.165) is 24.7 Å². The van der Waals surface area contributed by atoms with Crippen molar-refractivity contribution in [2.75, 3.05) is 20.1 Å². The molecule has 0 radical (unpaired) electrons. The summed E-state index contributed by atoms with van der Waals surface area (Å²) in [6.45, 7) is 1.62. The first-order valence-electron chi connectivity index (χ1n) is 5.96. The van der Waals surface area contributed by atoms with E-state index in [-0.39, 0.29) is 18.6 Å². The fourth-order valence-electron chi connectivity index (χ4n) is 3.00. The molecule has 0 aliphatic carbocycles. The normalized spacial score (nSPS) is 28.0. The van der Waals surface area contributed by atoms with Gasteiger partial charge in [-0.25, -0.2) is 0 Å². The number of hydrogen-bond donors (Lipinski definition) is 0. The average molecular weight is 257 g/mol. The zero-order chi connectivity index (χ0) is 12.9. The van der Waals surface area contributed by atoms with Crippen LogP contribution in [0.4, 0.5) is 13.2 Å². The number of fused-ring (bicyclic) bond motifs is 3. The first-order chi connectivity index (χ1) is 8.47. The van der Waals surface area contributed by atoms with Crippen LogP contribution < -0.4 is 0 Å². The first kappa shape index (κ1) is 12.0. The molecule has 1 aromatic carbocycles. The van der Waals surface area contributed by atoms with Crippen molar-refractivity contribution in [3.05, 3.63) is 34.9 Å². The lowest BCUT2D eigenvalue weighted by Gasteiger charge is -2.29. The summed E-state index contributed by atoms with van der Waals surface area (Å²) >= 11 is 0. The van der Waals surface area contributed by atoms with Gasteiger partial charge in [0.25, 0.3) is 0 Å². The zero-order valence-corrected chi connectivity index (χ0v) is 10.00. The summed E-state index contributed by atoms with van der Waals surface area (Å²) in [5, 5.41) is 0.